The monoisotopic (exact) mass is 557 g/mol. The van der Waals surface area contributed by atoms with Gasteiger partial charge < -0.3 is 0 Å². The molecule has 4 aromatic rings. The van der Waals surface area contributed by atoms with Crippen LogP contribution in [0.4, 0.5) is 11.4 Å². The number of imide groups is 1. The first-order chi connectivity index (χ1) is 20.3. The van der Waals surface area contributed by atoms with Gasteiger partial charge in [0.25, 0.3) is 11.6 Å². The number of carbonyl (C=O) groups is 3. The molecule has 0 spiro atoms. The minimum absolute atomic E-state index is 0.0550. The molecule has 1 aliphatic heterocycles. The zero-order valence-corrected chi connectivity index (χ0v) is 22.3. The lowest BCUT2D eigenvalue weighted by atomic mass is 9.47. The molecule has 3 amide bonds. The minimum atomic E-state index is -1.22. The van der Waals surface area contributed by atoms with Crippen molar-refractivity contribution in [3.63, 3.8) is 0 Å². The molecule has 2 heterocycles. The number of hydrogen-bond acceptors (Lipinski definition) is 7. The van der Waals surface area contributed by atoms with E-state index in [1.165, 1.54) is 24.5 Å². The van der Waals surface area contributed by atoms with Crippen LogP contribution in [0.2, 0.25) is 0 Å². The van der Waals surface area contributed by atoms with Gasteiger partial charge in [-0.15, -0.1) is 0 Å². The average molecular weight is 558 g/mol. The first-order valence-electron chi connectivity index (χ1n) is 13.4. The van der Waals surface area contributed by atoms with E-state index in [0.29, 0.717) is 11.1 Å². The van der Waals surface area contributed by atoms with Gasteiger partial charge in [-0.1, -0.05) is 54.6 Å². The summed E-state index contributed by atoms with van der Waals surface area (Å²) in [6, 6.07) is 22.8. The fourth-order valence-corrected chi connectivity index (χ4v) is 7.02. The highest BCUT2D eigenvalue weighted by molar-refractivity contribution is 6.25. The van der Waals surface area contributed by atoms with Gasteiger partial charge in [-0.25, -0.2) is 10.3 Å². The van der Waals surface area contributed by atoms with E-state index in [-0.39, 0.29) is 11.4 Å². The second-order valence-electron chi connectivity index (χ2n) is 10.7. The summed E-state index contributed by atoms with van der Waals surface area (Å²) in [7, 11) is 0. The van der Waals surface area contributed by atoms with E-state index in [9.17, 15) is 24.5 Å². The lowest BCUT2D eigenvalue weighted by Crippen LogP contribution is -2.54. The van der Waals surface area contributed by atoms with Crippen LogP contribution in [0, 0.1) is 28.9 Å². The van der Waals surface area contributed by atoms with Crippen LogP contribution in [0.1, 0.15) is 44.1 Å². The molecule has 1 saturated heterocycles. The summed E-state index contributed by atoms with van der Waals surface area (Å²) >= 11 is 0. The van der Waals surface area contributed by atoms with Gasteiger partial charge >= 0.3 is 0 Å². The van der Waals surface area contributed by atoms with Gasteiger partial charge in [0.1, 0.15) is 5.69 Å². The lowest BCUT2D eigenvalue weighted by Gasteiger charge is -2.52. The number of rotatable bonds is 5. The van der Waals surface area contributed by atoms with Gasteiger partial charge in [0.05, 0.1) is 22.2 Å². The minimum Gasteiger partial charge on any atom is -0.274 e. The van der Waals surface area contributed by atoms with Gasteiger partial charge in [0.15, 0.2) is 0 Å². The number of aryl methyl sites for hydroxylation is 1. The SMILES string of the molecule is Cc1ccc(N2C(=O)[C@@H]3C4c5ccccc5C(/C=N\NC(=O)c5ccncc5)(c5ccccc54)[C@H]3C2=O)c([N+](=O)[O-])c1. The summed E-state index contributed by atoms with van der Waals surface area (Å²) in [4.78, 5) is 58.0. The van der Waals surface area contributed by atoms with Crippen LogP contribution in [0.15, 0.2) is 96.4 Å². The maximum Gasteiger partial charge on any atom is 0.293 e. The molecule has 3 aromatic carbocycles. The number of pyridine rings is 1. The molecule has 4 aliphatic rings. The molecule has 10 heteroatoms. The third-order valence-corrected chi connectivity index (χ3v) is 8.63. The van der Waals surface area contributed by atoms with Crippen molar-refractivity contribution in [2.24, 2.45) is 16.9 Å². The number of hydrogen-bond donors (Lipinski definition) is 1. The molecule has 42 heavy (non-hydrogen) atoms. The van der Waals surface area contributed by atoms with E-state index in [2.05, 4.69) is 15.5 Å². The summed E-state index contributed by atoms with van der Waals surface area (Å²) in [5.74, 6) is -3.70. The van der Waals surface area contributed by atoms with Crippen LogP contribution < -0.4 is 10.3 Å². The van der Waals surface area contributed by atoms with Crippen LogP contribution in [-0.2, 0) is 15.0 Å². The Balaban J connectivity index is 1.42. The Bertz CT molecular complexity index is 1810. The van der Waals surface area contributed by atoms with E-state index in [0.717, 1.165) is 27.2 Å². The molecule has 8 rings (SSSR count). The number of nitrogens with one attached hydrogen (secondary N) is 1. The summed E-state index contributed by atoms with van der Waals surface area (Å²) in [5, 5.41) is 16.4. The number of anilines is 1. The van der Waals surface area contributed by atoms with Crippen LogP contribution >= 0.6 is 0 Å². The number of carbonyl (C=O) groups excluding carboxylic acids is 3. The molecule has 0 saturated carbocycles. The molecule has 1 fully saturated rings. The molecule has 206 valence electrons. The molecular formula is C32H23N5O5. The number of hydrazone groups is 1. The average Bonchev–Trinajstić information content (AvgIpc) is 3.28. The third kappa shape index (κ3) is 3.41. The van der Waals surface area contributed by atoms with Gasteiger partial charge in [0.2, 0.25) is 11.8 Å². The first-order valence-corrected chi connectivity index (χ1v) is 13.4. The van der Waals surface area contributed by atoms with Crippen molar-refractivity contribution in [3.8, 4) is 0 Å². The van der Waals surface area contributed by atoms with Crippen LogP contribution in [-0.4, -0.2) is 33.8 Å². The second kappa shape index (κ2) is 9.27. The Kier molecular flexibility index (Phi) is 5.62. The predicted molar refractivity (Wildman–Crippen MR) is 153 cm³/mol. The van der Waals surface area contributed by atoms with E-state index in [1.54, 1.807) is 31.3 Å². The standard InChI is InChI=1S/C32H23N5O5/c1-18-10-11-24(25(16-18)37(41)42)36-30(39)27-26-20-6-2-4-8-22(20)32(28(27)31(36)40,23-9-5-3-7-21(23)26)17-34-35-29(38)19-12-14-33-15-13-19/h2-17,26-28H,1H3,(H,35,38)/b34-17-/t26?,27-,28-,32?/m1/s1. The van der Waals surface area contributed by atoms with Crippen molar-refractivity contribution in [1.29, 1.82) is 0 Å². The summed E-state index contributed by atoms with van der Waals surface area (Å²) in [6.07, 6.45) is 4.55. The van der Waals surface area contributed by atoms with Gasteiger partial charge in [-0.2, -0.15) is 5.10 Å². The highest BCUT2D eigenvalue weighted by Gasteiger charge is 2.68. The third-order valence-electron chi connectivity index (χ3n) is 8.63. The summed E-state index contributed by atoms with van der Waals surface area (Å²) in [6.45, 7) is 1.71. The normalized spacial score (nSPS) is 23.5. The van der Waals surface area contributed by atoms with Crippen molar-refractivity contribution >= 4 is 35.3 Å². The molecule has 2 bridgehead atoms. The Morgan fingerprint density at radius 1 is 0.976 bits per heavy atom. The van der Waals surface area contributed by atoms with Crippen molar-refractivity contribution in [2.75, 3.05) is 4.90 Å². The summed E-state index contributed by atoms with van der Waals surface area (Å²) < 4.78 is 0. The largest absolute Gasteiger partial charge is 0.293 e. The molecule has 2 atom stereocenters. The first kappa shape index (κ1) is 25.5. The topological polar surface area (TPSA) is 135 Å². The van der Waals surface area contributed by atoms with Gasteiger partial charge in [0, 0.05) is 36.2 Å². The quantitative estimate of drug-likeness (QED) is 0.169. The van der Waals surface area contributed by atoms with E-state index in [4.69, 9.17) is 0 Å². The molecule has 1 aromatic heterocycles. The predicted octanol–water partition coefficient (Wildman–Crippen LogP) is 4.26. The zero-order valence-electron chi connectivity index (χ0n) is 22.3. The Hall–Kier alpha value is -5.51. The molecule has 0 unspecified atom stereocenters. The number of nitro benzene ring substituents is 1. The summed E-state index contributed by atoms with van der Waals surface area (Å²) in [5.41, 5.74) is 5.33. The van der Waals surface area contributed by atoms with E-state index in [1.807, 2.05) is 48.5 Å². The number of nitrogens with zero attached hydrogens (tertiary/aromatic N) is 4. The molecule has 3 aliphatic carbocycles. The van der Waals surface area contributed by atoms with Gasteiger partial charge in [-0.05, 0) is 52.9 Å². The molecular weight excluding hydrogens is 534 g/mol. The van der Waals surface area contributed by atoms with Crippen LogP contribution in [0.5, 0.6) is 0 Å². The Morgan fingerprint density at radius 3 is 2.26 bits per heavy atom. The van der Waals surface area contributed by atoms with Crippen LogP contribution in [0.3, 0.4) is 0 Å². The fraction of sp³-hybridized carbons (Fsp3) is 0.156. The number of aromatic nitrogens is 1. The number of benzene rings is 3. The van der Waals surface area contributed by atoms with Gasteiger partial charge in [-0.3, -0.25) is 29.5 Å². The number of nitro groups is 1. The zero-order chi connectivity index (χ0) is 29.2. The van der Waals surface area contributed by atoms with Crippen molar-refractivity contribution in [1.82, 2.24) is 10.4 Å². The van der Waals surface area contributed by atoms with Crippen molar-refractivity contribution < 1.29 is 19.3 Å². The molecule has 0 radical (unpaired) electrons. The highest BCUT2D eigenvalue weighted by Crippen LogP contribution is 2.63. The van der Waals surface area contributed by atoms with Crippen molar-refractivity contribution in [2.45, 2.75) is 18.3 Å². The lowest BCUT2D eigenvalue weighted by molar-refractivity contribution is -0.384. The number of amides is 3. The smallest absolute Gasteiger partial charge is 0.274 e. The van der Waals surface area contributed by atoms with E-state index < -0.39 is 45.8 Å². The fourth-order valence-electron chi connectivity index (χ4n) is 7.02. The Morgan fingerprint density at radius 2 is 1.62 bits per heavy atom. The Labute approximate surface area is 239 Å². The maximum atomic E-state index is 14.5. The molecule has 10 nitrogen and oxygen atoms in total. The van der Waals surface area contributed by atoms with Crippen LogP contribution in [0.25, 0.3) is 0 Å². The van der Waals surface area contributed by atoms with E-state index >= 15 is 0 Å². The van der Waals surface area contributed by atoms with Crippen molar-refractivity contribution in [3.05, 3.63) is 135 Å². The second-order valence-corrected chi connectivity index (χ2v) is 10.7. The highest BCUT2D eigenvalue weighted by atomic mass is 16.6. The molecule has 1 N–H and O–H groups in total. The maximum absolute atomic E-state index is 14.5.